The van der Waals surface area contributed by atoms with E-state index in [9.17, 15) is 9.18 Å². The number of anilines is 2. The Morgan fingerprint density at radius 2 is 2.41 bits per heavy atom. The fourth-order valence-electron chi connectivity index (χ4n) is 1.83. The van der Waals surface area contributed by atoms with Crippen LogP contribution in [0.25, 0.3) is 0 Å². The van der Waals surface area contributed by atoms with Gasteiger partial charge in [-0.3, -0.25) is 4.79 Å². The van der Waals surface area contributed by atoms with Gasteiger partial charge in [0.15, 0.2) is 0 Å². The van der Waals surface area contributed by atoms with Crippen molar-refractivity contribution in [2.45, 2.75) is 25.4 Å². The van der Waals surface area contributed by atoms with Crippen LogP contribution in [0.15, 0.2) is 18.2 Å². The highest BCUT2D eigenvalue weighted by Gasteiger charge is 2.19. The van der Waals surface area contributed by atoms with Gasteiger partial charge in [0.05, 0.1) is 18.2 Å². The minimum absolute atomic E-state index is 0.00590. The molecule has 5 heteroatoms. The zero-order valence-corrected chi connectivity index (χ0v) is 9.41. The number of nitrogens with two attached hydrogens (primary N) is 1. The highest BCUT2D eigenvalue weighted by Crippen LogP contribution is 2.18. The molecule has 92 valence electrons. The number of hydrogen-bond donors (Lipinski definition) is 2. The van der Waals surface area contributed by atoms with E-state index in [-0.39, 0.29) is 17.7 Å². The first-order valence-electron chi connectivity index (χ1n) is 5.61. The molecule has 1 heterocycles. The molecule has 0 bridgehead atoms. The van der Waals surface area contributed by atoms with Crippen LogP contribution >= 0.6 is 0 Å². The lowest BCUT2D eigenvalue weighted by molar-refractivity contribution is -0.118. The second kappa shape index (κ2) is 5.14. The van der Waals surface area contributed by atoms with Crippen molar-refractivity contribution in [2.24, 2.45) is 0 Å². The van der Waals surface area contributed by atoms with Gasteiger partial charge < -0.3 is 15.8 Å². The van der Waals surface area contributed by atoms with Crippen molar-refractivity contribution >= 4 is 17.3 Å². The lowest BCUT2D eigenvalue weighted by Crippen LogP contribution is -2.19. The van der Waals surface area contributed by atoms with Crippen molar-refractivity contribution in [1.29, 1.82) is 0 Å². The summed E-state index contributed by atoms with van der Waals surface area (Å²) in [6, 6.07) is 4.21. The molecule has 0 spiro atoms. The zero-order valence-electron chi connectivity index (χ0n) is 9.41. The third-order valence-electron chi connectivity index (χ3n) is 2.72. The van der Waals surface area contributed by atoms with Crippen molar-refractivity contribution in [3.05, 3.63) is 24.0 Å². The first kappa shape index (κ1) is 11.9. The molecule has 1 aliphatic rings. The van der Waals surface area contributed by atoms with Gasteiger partial charge in [-0.05, 0) is 31.0 Å². The molecule has 0 aromatic heterocycles. The Balaban J connectivity index is 1.90. The van der Waals surface area contributed by atoms with E-state index in [1.165, 1.54) is 12.1 Å². The maximum absolute atomic E-state index is 13.1. The molecule has 0 saturated carbocycles. The minimum Gasteiger partial charge on any atom is -0.396 e. The molecule has 1 amide bonds. The minimum atomic E-state index is -0.528. The van der Waals surface area contributed by atoms with E-state index >= 15 is 0 Å². The third kappa shape index (κ3) is 3.17. The summed E-state index contributed by atoms with van der Waals surface area (Å²) in [4.78, 5) is 11.6. The molecule has 1 unspecified atom stereocenters. The molecule has 1 fully saturated rings. The van der Waals surface area contributed by atoms with E-state index in [2.05, 4.69) is 5.32 Å². The normalized spacial score (nSPS) is 19.2. The van der Waals surface area contributed by atoms with Crippen LogP contribution in [0.5, 0.6) is 0 Å². The van der Waals surface area contributed by atoms with Gasteiger partial charge in [0, 0.05) is 12.3 Å². The Kier molecular flexibility index (Phi) is 3.58. The molecule has 1 aromatic carbocycles. The second-order valence-electron chi connectivity index (χ2n) is 4.12. The number of rotatable bonds is 3. The van der Waals surface area contributed by atoms with E-state index in [4.69, 9.17) is 10.5 Å². The number of carbonyl (C=O) groups excluding carboxylic acids is 1. The van der Waals surface area contributed by atoms with Gasteiger partial charge in [-0.15, -0.1) is 0 Å². The van der Waals surface area contributed by atoms with Crippen LogP contribution in [0, 0.1) is 5.82 Å². The van der Waals surface area contributed by atoms with Gasteiger partial charge in [0.2, 0.25) is 5.91 Å². The number of hydrogen-bond acceptors (Lipinski definition) is 3. The second-order valence-corrected chi connectivity index (χ2v) is 4.12. The molecule has 1 atom stereocenters. The van der Waals surface area contributed by atoms with Gasteiger partial charge in [-0.25, -0.2) is 4.39 Å². The Morgan fingerprint density at radius 1 is 1.59 bits per heavy atom. The van der Waals surface area contributed by atoms with Crippen molar-refractivity contribution in [3.63, 3.8) is 0 Å². The molecule has 0 aliphatic carbocycles. The lowest BCUT2D eigenvalue weighted by atomic mass is 10.1. The van der Waals surface area contributed by atoms with Gasteiger partial charge in [-0.1, -0.05) is 0 Å². The first-order valence-corrected chi connectivity index (χ1v) is 5.61. The smallest absolute Gasteiger partial charge is 0.226 e. The summed E-state index contributed by atoms with van der Waals surface area (Å²) in [5.41, 5.74) is 5.83. The van der Waals surface area contributed by atoms with E-state index in [0.29, 0.717) is 18.7 Å². The Morgan fingerprint density at radius 3 is 3.06 bits per heavy atom. The van der Waals surface area contributed by atoms with Crippen LogP contribution in [0.1, 0.15) is 19.3 Å². The van der Waals surface area contributed by atoms with Crippen molar-refractivity contribution in [1.82, 2.24) is 0 Å². The summed E-state index contributed by atoms with van der Waals surface area (Å²) in [5, 5.41) is 2.62. The fourth-order valence-corrected chi connectivity index (χ4v) is 1.83. The molecular formula is C12H15FN2O2. The number of benzene rings is 1. The maximum Gasteiger partial charge on any atom is 0.226 e. The van der Waals surface area contributed by atoms with Crippen molar-refractivity contribution < 1.29 is 13.9 Å². The number of nitrogen functional groups attached to an aromatic ring is 1. The molecule has 0 radical (unpaired) electrons. The third-order valence-corrected chi connectivity index (χ3v) is 2.72. The molecule has 4 nitrogen and oxygen atoms in total. The Bertz CT molecular complexity index is 417. The van der Waals surface area contributed by atoms with Crippen molar-refractivity contribution in [3.8, 4) is 0 Å². The predicted octanol–water partition coefficient (Wildman–Crippen LogP) is 1.92. The number of nitrogens with one attached hydrogen (secondary N) is 1. The van der Waals surface area contributed by atoms with Crippen LogP contribution in [-0.4, -0.2) is 18.6 Å². The first-order chi connectivity index (χ1) is 8.15. The van der Waals surface area contributed by atoms with Crippen LogP contribution in [0.2, 0.25) is 0 Å². The standard InChI is InChI=1S/C12H15FN2O2/c13-10-6-8(3-4-11(10)14)15-12(16)7-9-2-1-5-17-9/h3-4,6,9H,1-2,5,7,14H2,(H,15,16). The van der Waals surface area contributed by atoms with Crippen LogP contribution in [0.4, 0.5) is 15.8 Å². The monoisotopic (exact) mass is 238 g/mol. The molecular weight excluding hydrogens is 223 g/mol. The number of amides is 1. The van der Waals surface area contributed by atoms with E-state index in [1.807, 2.05) is 0 Å². The highest BCUT2D eigenvalue weighted by molar-refractivity contribution is 5.91. The number of halogens is 1. The van der Waals surface area contributed by atoms with Crippen LogP contribution in [-0.2, 0) is 9.53 Å². The molecule has 1 aliphatic heterocycles. The van der Waals surface area contributed by atoms with E-state index in [1.54, 1.807) is 6.07 Å². The molecule has 2 rings (SSSR count). The largest absolute Gasteiger partial charge is 0.396 e. The van der Waals surface area contributed by atoms with Gasteiger partial charge in [0.1, 0.15) is 5.82 Å². The van der Waals surface area contributed by atoms with E-state index in [0.717, 1.165) is 12.8 Å². The van der Waals surface area contributed by atoms with Crippen LogP contribution in [0.3, 0.4) is 0 Å². The summed E-state index contributed by atoms with van der Waals surface area (Å²) in [6.07, 6.45) is 2.21. The lowest BCUT2D eigenvalue weighted by Gasteiger charge is -2.10. The Labute approximate surface area is 98.9 Å². The molecule has 1 saturated heterocycles. The van der Waals surface area contributed by atoms with Crippen molar-refractivity contribution in [2.75, 3.05) is 17.7 Å². The van der Waals surface area contributed by atoms with E-state index < -0.39 is 5.82 Å². The average Bonchev–Trinajstić information content (AvgIpc) is 2.76. The summed E-state index contributed by atoms with van der Waals surface area (Å²) in [5.74, 6) is -0.694. The van der Waals surface area contributed by atoms with Gasteiger partial charge >= 0.3 is 0 Å². The topological polar surface area (TPSA) is 64.3 Å². The zero-order chi connectivity index (χ0) is 12.3. The summed E-state index contributed by atoms with van der Waals surface area (Å²) in [6.45, 7) is 0.717. The number of carbonyl (C=O) groups is 1. The number of ether oxygens (including phenoxy) is 1. The summed E-state index contributed by atoms with van der Waals surface area (Å²) < 4.78 is 18.5. The van der Waals surface area contributed by atoms with Gasteiger partial charge in [0.25, 0.3) is 0 Å². The Hall–Kier alpha value is -1.62. The average molecular weight is 238 g/mol. The fraction of sp³-hybridized carbons (Fsp3) is 0.417. The summed E-state index contributed by atoms with van der Waals surface area (Å²) >= 11 is 0. The highest BCUT2D eigenvalue weighted by atomic mass is 19.1. The SMILES string of the molecule is Nc1ccc(NC(=O)CC2CCCO2)cc1F. The maximum atomic E-state index is 13.1. The molecule has 17 heavy (non-hydrogen) atoms. The quantitative estimate of drug-likeness (QED) is 0.791. The summed E-state index contributed by atoms with van der Waals surface area (Å²) in [7, 11) is 0. The predicted molar refractivity (Wildman–Crippen MR) is 63.0 cm³/mol. The molecule has 3 N–H and O–H groups in total. The van der Waals surface area contributed by atoms with Gasteiger partial charge in [-0.2, -0.15) is 0 Å². The van der Waals surface area contributed by atoms with Crippen LogP contribution < -0.4 is 11.1 Å². The molecule has 1 aromatic rings.